The molecule has 1 aliphatic heterocycles. The van der Waals surface area contributed by atoms with Crippen LogP contribution in [0.2, 0.25) is 0 Å². The SMILES string of the molecule is CCC(=O)c1ccccc1C1CCCNC1. The highest BCUT2D eigenvalue weighted by Gasteiger charge is 2.19. The first-order chi connectivity index (χ1) is 7.83. The molecule has 1 N–H and O–H groups in total. The summed E-state index contributed by atoms with van der Waals surface area (Å²) in [5, 5.41) is 3.41. The van der Waals surface area contributed by atoms with Crippen molar-refractivity contribution in [1.82, 2.24) is 5.32 Å². The second-order valence-electron chi connectivity index (χ2n) is 4.41. The summed E-state index contributed by atoms with van der Waals surface area (Å²) in [6.07, 6.45) is 3.00. The second kappa shape index (κ2) is 5.26. The Kier molecular flexibility index (Phi) is 3.73. The van der Waals surface area contributed by atoms with Crippen LogP contribution in [0.1, 0.15) is 48.0 Å². The number of ketones is 1. The average Bonchev–Trinajstić information content (AvgIpc) is 2.39. The number of piperidine rings is 1. The molecule has 2 nitrogen and oxygen atoms in total. The van der Waals surface area contributed by atoms with Gasteiger partial charge in [-0.1, -0.05) is 31.2 Å². The van der Waals surface area contributed by atoms with Crippen molar-refractivity contribution in [2.24, 2.45) is 0 Å². The fourth-order valence-corrected chi connectivity index (χ4v) is 2.41. The first-order valence-electron chi connectivity index (χ1n) is 6.15. The summed E-state index contributed by atoms with van der Waals surface area (Å²) < 4.78 is 0. The van der Waals surface area contributed by atoms with E-state index in [0.717, 1.165) is 18.7 Å². The zero-order valence-corrected chi connectivity index (χ0v) is 9.83. The van der Waals surface area contributed by atoms with Crippen molar-refractivity contribution in [2.45, 2.75) is 32.1 Å². The van der Waals surface area contributed by atoms with E-state index in [-0.39, 0.29) is 5.78 Å². The van der Waals surface area contributed by atoms with Gasteiger partial charge in [-0.15, -0.1) is 0 Å². The highest BCUT2D eigenvalue weighted by molar-refractivity contribution is 5.97. The lowest BCUT2D eigenvalue weighted by molar-refractivity contribution is 0.0986. The molecule has 1 aliphatic rings. The molecule has 0 amide bonds. The molecule has 1 fully saturated rings. The van der Waals surface area contributed by atoms with Crippen LogP contribution in [0.25, 0.3) is 0 Å². The first kappa shape index (κ1) is 11.3. The monoisotopic (exact) mass is 217 g/mol. The Hall–Kier alpha value is -1.15. The van der Waals surface area contributed by atoms with Crippen LogP contribution in [0.4, 0.5) is 0 Å². The number of nitrogens with one attached hydrogen (secondary N) is 1. The van der Waals surface area contributed by atoms with Gasteiger partial charge in [0.25, 0.3) is 0 Å². The Morgan fingerprint density at radius 1 is 1.44 bits per heavy atom. The quantitative estimate of drug-likeness (QED) is 0.789. The predicted octanol–water partition coefficient (Wildman–Crippen LogP) is 2.75. The summed E-state index contributed by atoms with van der Waals surface area (Å²) in [4.78, 5) is 11.9. The molecule has 1 unspecified atom stereocenters. The van der Waals surface area contributed by atoms with E-state index >= 15 is 0 Å². The zero-order valence-electron chi connectivity index (χ0n) is 9.83. The number of carbonyl (C=O) groups is 1. The Bertz CT molecular complexity index is 367. The smallest absolute Gasteiger partial charge is 0.162 e. The predicted molar refractivity (Wildman–Crippen MR) is 65.9 cm³/mol. The Morgan fingerprint density at radius 2 is 2.25 bits per heavy atom. The molecule has 2 rings (SSSR count). The lowest BCUT2D eigenvalue weighted by Gasteiger charge is -2.24. The van der Waals surface area contributed by atoms with Crippen molar-refractivity contribution in [3.63, 3.8) is 0 Å². The molecule has 1 saturated heterocycles. The molecule has 0 bridgehead atoms. The van der Waals surface area contributed by atoms with Crippen LogP contribution in [0.3, 0.4) is 0 Å². The van der Waals surface area contributed by atoms with Gasteiger partial charge >= 0.3 is 0 Å². The molecule has 1 aromatic rings. The minimum Gasteiger partial charge on any atom is -0.316 e. The summed E-state index contributed by atoms with van der Waals surface area (Å²) in [7, 11) is 0. The minimum absolute atomic E-state index is 0.265. The largest absolute Gasteiger partial charge is 0.316 e. The maximum absolute atomic E-state index is 11.9. The van der Waals surface area contributed by atoms with E-state index in [0.29, 0.717) is 12.3 Å². The van der Waals surface area contributed by atoms with Gasteiger partial charge in [-0.2, -0.15) is 0 Å². The van der Waals surface area contributed by atoms with E-state index in [4.69, 9.17) is 0 Å². The van der Waals surface area contributed by atoms with Gasteiger partial charge in [0.05, 0.1) is 0 Å². The van der Waals surface area contributed by atoms with Crippen LogP contribution in [0.5, 0.6) is 0 Å². The van der Waals surface area contributed by atoms with Gasteiger partial charge in [0, 0.05) is 18.5 Å². The van der Waals surface area contributed by atoms with E-state index in [2.05, 4.69) is 11.4 Å². The summed E-state index contributed by atoms with van der Waals surface area (Å²) in [5.41, 5.74) is 2.17. The lowest BCUT2D eigenvalue weighted by Crippen LogP contribution is -2.29. The van der Waals surface area contributed by atoms with E-state index < -0.39 is 0 Å². The van der Waals surface area contributed by atoms with E-state index in [1.165, 1.54) is 18.4 Å². The molecule has 0 radical (unpaired) electrons. The number of benzene rings is 1. The number of carbonyl (C=O) groups excluding carboxylic acids is 1. The van der Waals surface area contributed by atoms with Gasteiger partial charge in [0.2, 0.25) is 0 Å². The molecule has 16 heavy (non-hydrogen) atoms. The van der Waals surface area contributed by atoms with Crippen LogP contribution in [0, 0.1) is 0 Å². The fraction of sp³-hybridized carbons (Fsp3) is 0.500. The molecule has 1 atom stereocenters. The van der Waals surface area contributed by atoms with Crippen molar-refractivity contribution < 1.29 is 4.79 Å². The van der Waals surface area contributed by atoms with E-state index in [1.807, 2.05) is 25.1 Å². The van der Waals surface area contributed by atoms with Crippen LogP contribution >= 0.6 is 0 Å². The summed E-state index contributed by atoms with van der Waals surface area (Å²) >= 11 is 0. The Morgan fingerprint density at radius 3 is 2.94 bits per heavy atom. The van der Waals surface area contributed by atoms with Crippen LogP contribution in [-0.2, 0) is 0 Å². The van der Waals surface area contributed by atoms with Gasteiger partial charge < -0.3 is 5.32 Å². The maximum atomic E-state index is 11.9. The number of Topliss-reactive ketones (excluding diaryl/α,β-unsaturated/α-hetero) is 1. The minimum atomic E-state index is 0.265. The zero-order chi connectivity index (χ0) is 11.4. The summed E-state index contributed by atoms with van der Waals surface area (Å²) in [5.74, 6) is 0.779. The van der Waals surface area contributed by atoms with Gasteiger partial charge in [0.15, 0.2) is 5.78 Å². The molecule has 0 saturated carbocycles. The standard InChI is InChI=1S/C14H19NO/c1-2-14(16)13-8-4-3-7-12(13)11-6-5-9-15-10-11/h3-4,7-8,11,15H,2,5-6,9-10H2,1H3. The van der Waals surface area contributed by atoms with Gasteiger partial charge in [-0.3, -0.25) is 4.79 Å². The molecule has 86 valence electrons. The number of rotatable bonds is 3. The van der Waals surface area contributed by atoms with Gasteiger partial charge in [-0.05, 0) is 30.9 Å². The second-order valence-corrected chi connectivity index (χ2v) is 4.41. The summed E-state index contributed by atoms with van der Waals surface area (Å²) in [6.45, 7) is 4.05. The molecule has 2 heteroatoms. The normalized spacial score (nSPS) is 20.7. The van der Waals surface area contributed by atoms with E-state index in [9.17, 15) is 4.79 Å². The van der Waals surface area contributed by atoms with Crippen molar-refractivity contribution in [2.75, 3.05) is 13.1 Å². The summed E-state index contributed by atoms with van der Waals surface area (Å²) in [6, 6.07) is 8.08. The molecule has 0 aliphatic carbocycles. The molecule has 1 aromatic carbocycles. The first-order valence-corrected chi connectivity index (χ1v) is 6.15. The highest BCUT2D eigenvalue weighted by Crippen LogP contribution is 2.26. The number of hydrogen-bond donors (Lipinski definition) is 1. The Balaban J connectivity index is 2.28. The molecule has 0 aromatic heterocycles. The molecule has 0 spiro atoms. The van der Waals surface area contributed by atoms with Crippen molar-refractivity contribution in [3.05, 3.63) is 35.4 Å². The topological polar surface area (TPSA) is 29.1 Å². The van der Waals surface area contributed by atoms with Crippen molar-refractivity contribution >= 4 is 5.78 Å². The maximum Gasteiger partial charge on any atom is 0.162 e. The van der Waals surface area contributed by atoms with E-state index in [1.54, 1.807) is 0 Å². The highest BCUT2D eigenvalue weighted by atomic mass is 16.1. The van der Waals surface area contributed by atoms with Crippen LogP contribution in [-0.4, -0.2) is 18.9 Å². The van der Waals surface area contributed by atoms with Gasteiger partial charge in [0.1, 0.15) is 0 Å². The number of hydrogen-bond acceptors (Lipinski definition) is 2. The van der Waals surface area contributed by atoms with Crippen LogP contribution in [0.15, 0.2) is 24.3 Å². The molecular formula is C14H19NO. The van der Waals surface area contributed by atoms with Crippen molar-refractivity contribution in [1.29, 1.82) is 0 Å². The average molecular weight is 217 g/mol. The Labute approximate surface area is 97.1 Å². The van der Waals surface area contributed by atoms with Crippen LogP contribution < -0.4 is 5.32 Å². The molecule has 1 heterocycles. The third kappa shape index (κ3) is 2.33. The van der Waals surface area contributed by atoms with Crippen molar-refractivity contribution in [3.8, 4) is 0 Å². The fourth-order valence-electron chi connectivity index (χ4n) is 2.41. The molecular weight excluding hydrogens is 198 g/mol. The van der Waals surface area contributed by atoms with Gasteiger partial charge in [-0.25, -0.2) is 0 Å². The third-order valence-electron chi connectivity index (χ3n) is 3.32. The lowest BCUT2D eigenvalue weighted by atomic mass is 9.87. The third-order valence-corrected chi connectivity index (χ3v) is 3.32.